The number of pyridine rings is 1. The molecule has 1 aromatic carbocycles. The molecule has 1 amide bonds. The molecule has 0 fully saturated rings. The van der Waals surface area contributed by atoms with Gasteiger partial charge in [0.1, 0.15) is 5.69 Å². The maximum atomic E-state index is 12.1. The Morgan fingerprint density at radius 3 is 2.84 bits per heavy atom. The minimum atomic E-state index is -0.220. The van der Waals surface area contributed by atoms with Crippen molar-refractivity contribution in [2.45, 2.75) is 13.0 Å². The summed E-state index contributed by atoms with van der Waals surface area (Å²) in [6.07, 6.45) is 1.59. The maximum Gasteiger partial charge on any atom is 0.271 e. The fraction of sp³-hybridized carbons (Fsp3) is 0.143. The van der Waals surface area contributed by atoms with E-state index in [2.05, 4.69) is 26.2 Å². The fourth-order valence-corrected chi connectivity index (χ4v) is 2.16. The first-order chi connectivity index (χ1) is 9.08. The van der Waals surface area contributed by atoms with Gasteiger partial charge in [-0.05, 0) is 52.7 Å². The third kappa shape index (κ3) is 3.32. The number of nitrogen functional groups attached to an aromatic ring is 1. The molecule has 5 heteroatoms. The van der Waals surface area contributed by atoms with E-state index in [1.54, 1.807) is 18.3 Å². The van der Waals surface area contributed by atoms with Gasteiger partial charge in [-0.1, -0.05) is 12.1 Å². The van der Waals surface area contributed by atoms with Crippen LogP contribution in [0.15, 0.2) is 47.1 Å². The summed E-state index contributed by atoms with van der Waals surface area (Å²) in [6, 6.07) is 10.9. The van der Waals surface area contributed by atoms with Crippen molar-refractivity contribution in [1.82, 2.24) is 10.3 Å². The molecule has 2 aromatic rings. The Kier molecular flexibility index (Phi) is 4.16. The number of carbonyl (C=O) groups excluding carboxylic acids is 1. The average molecular weight is 320 g/mol. The summed E-state index contributed by atoms with van der Waals surface area (Å²) in [5, 5.41) is 2.89. The number of amides is 1. The van der Waals surface area contributed by atoms with Gasteiger partial charge in [0, 0.05) is 16.4 Å². The number of nitrogens with zero attached hydrogens (tertiary/aromatic N) is 1. The van der Waals surface area contributed by atoms with E-state index in [1.165, 1.54) is 0 Å². The van der Waals surface area contributed by atoms with Gasteiger partial charge in [0.25, 0.3) is 5.91 Å². The van der Waals surface area contributed by atoms with Gasteiger partial charge < -0.3 is 11.1 Å². The lowest BCUT2D eigenvalue weighted by molar-refractivity contribution is 0.0934. The maximum absolute atomic E-state index is 12.1. The van der Waals surface area contributed by atoms with Crippen molar-refractivity contribution < 1.29 is 4.79 Å². The zero-order chi connectivity index (χ0) is 13.8. The van der Waals surface area contributed by atoms with E-state index < -0.39 is 0 Å². The number of nitrogens with one attached hydrogen (secondary N) is 1. The fourth-order valence-electron chi connectivity index (χ4n) is 1.73. The smallest absolute Gasteiger partial charge is 0.271 e. The van der Waals surface area contributed by atoms with E-state index in [9.17, 15) is 4.79 Å². The Morgan fingerprint density at radius 2 is 2.16 bits per heavy atom. The Labute approximate surface area is 120 Å². The van der Waals surface area contributed by atoms with Crippen LogP contribution >= 0.6 is 15.9 Å². The Morgan fingerprint density at radius 1 is 1.37 bits per heavy atom. The molecule has 1 heterocycles. The number of hydrogen-bond donors (Lipinski definition) is 2. The van der Waals surface area contributed by atoms with Crippen LogP contribution in [0.4, 0.5) is 5.69 Å². The van der Waals surface area contributed by atoms with Gasteiger partial charge in [-0.15, -0.1) is 0 Å². The molecule has 4 nitrogen and oxygen atoms in total. The molecule has 0 aliphatic rings. The summed E-state index contributed by atoms with van der Waals surface area (Å²) in [5.74, 6) is -0.220. The number of hydrogen-bond acceptors (Lipinski definition) is 3. The van der Waals surface area contributed by atoms with E-state index in [1.807, 2.05) is 31.2 Å². The lowest BCUT2D eigenvalue weighted by atomic mass is 10.1. The second-order valence-corrected chi connectivity index (χ2v) is 5.05. The van der Waals surface area contributed by atoms with Gasteiger partial charge in [0.15, 0.2) is 0 Å². The van der Waals surface area contributed by atoms with Crippen LogP contribution in [0.1, 0.15) is 29.0 Å². The molecule has 0 saturated carbocycles. The van der Waals surface area contributed by atoms with Gasteiger partial charge in [0.2, 0.25) is 0 Å². The Hall–Kier alpha value is -1.88. The van der Waals surface area contributed by atoms with Crippen LogP contribution in [-0.2, 0) is 0 Å². The molecule has 1 unspecified atom stereocenters. The van der Waals surface area contributed by atoms with Crippen LogP contribution in [-0.4, -0.2) is 10.9 Å². The first kappa shape index (κ1) is 13.5. The van der Waals surface area contributed by atoms with Crippen molar-refractivity contribution in [2.75, 3.05) is 5.73 Å². The normalized spacial score (nSPS) is 11.9. The van der Waals surface area contributed by atoms with Crippen molar-refractivity contribution in [2.24, 2.45) is 0 Å². The third-order valence-electron chi connectivity index (χ3n) is 2.73. The zero-order valence-electron chi connectivity index (χ0n) is 10.4. The van der Waals surface area contributed by atoms with Gasteiger partial charge in [-0.2, -0.15) is 0 Å². The Bertz CT molecular complexity index is 601. The molecule has 0 aliphatic heterocycles. The molecule has 98 valence electrons. The van der Waals surface area contributed by atoms with Crippen LogP contribution in [0.2, 0.25) is 0 Å². The summed E-state index contributed by atoms with van der Waals surface area (Å²) in [7, 11) is 0. The summed E-state index contributed by atoms with van der Waals surface area (Å²) in [4.78, 5) is 16.2. The van der Waals surface area contributed by atoms with Crippen molar-refractivity contribution in [1.29, 1.82) is 0 Å². The van der Waals surface area contributed by atoms with Gasteiger partial charge >= 0.3 is 0 Å². The van der Waals surface area contributed by atoms with E-state index in [0.29, 0.717) is 15.9 Å². The zero-order valence-corrected chi connectivity index (χ0v) is 12.0. The van der Waals surface area contributed by atoms with Gasteiger partial charge in [0.05, 0.1) is 6.04 Å². The molecule has 1 aromatic heterocycles. The SMILES string of the molecule is CC(NC(=O)c1ncccc1Br)c1cccc(N)c1. The molecule has 2 rings (SSSR count). The highest BCUT2D eigenvalue weighted by atomic mass is 79.9. The minimum Gasteiger partial charge on any atom is -0.399 e. The van der Waals surface area contributed by atoms with E-state index in [0.717, 1.165) is 5.56 Å². The average Bonchev–Trinajstić information content (AvgIpc) is 2.39. The monoisotopic (exact) mass is 319 g/mol. The minimum absolute atomic E-state index is 0.134. The summed E-state index contributed by atoms with van der Waals surface area (Å²) >= 11 is 3.31. The van der Waals surface area contributed by atoms with Crippen LogP contribution < -0.4 is 11.1 Å². The summed E-state index contributed by atoms with van der Waals surface area (Å²) < 4.78 is 0.673. The predicted octanol–water partition coefficient (Wildman–Crippen LogP) is 2.92. The molecule has 1 atom stereocenters. The summed E-state index contributed by atoms with van der Waals surface area (Å²) in [6.45, 7) is 1.91. The lowest BCUT2D eigenvalue weighted by Gasteiger charge is -2.15. The van der Waals surface area contributed by atoms with E-state index in [4.69, 9.17) is 5.73 Å². The van der Waals surface area contributed by atoms with Gasteiger partial charge in [-0.25, -0.2) is 4.98 Å². The lowest BCUT2D eigenvalue weighted by Crippen LogP contribution is -2.27. The van der Waals surface area contributed by atoms with Crippen molar-refractivity contribution in [3.63, 3.8) is 0 Å². The van der Waals surface area contributed by atoms with Crippen LogP contribution in [0.3, 0.4) is 0 Å². The van der Waals surface area contributed by atoms with Crippen molar-refractivity contribution in [3.8, 4) is 0 Å². The highest BCUT2D eigenvalue weighted by Crippen LogP contribution is 2.18. The predicted molar refractivity (Wildman–Crippen MR) is 78.7 cm³/mol. The molecular weight excluding hydrogens is 306 g/mol. The second kappa shape index (κ2) is 5.84. The number of benzene rings is 1. The number of nitrogens with two attached hydrogens (primary N) is 1. The largest absolute Gasteiger partial charge is 0.399 e. The van der Waals surface area contributed by atoms with Crippen LogP contribution in [0.5, 0.6) is 0 Å². The first-order valence-electron chi connectivity index (χ1n) is 5.84. The topological polar surface area (TPSA) is 68.0 Å². The molecular formula is C14H14BrN3O. The summed E-state index contributed by atoms with van der Waals surface area (Å²) in [5.41, 5.74) is 7.74. The number of anilines is 1. The number of halogens is 1. The molecule has 0 aliphatic carbocycles. The quantitative estimate of drug-likeness (QED) is 0.855. The number of carbonyl (C=O) groups is 1. The van der Waals surface area contributed by atoms with Crippen molar-refractivity contribution in [3.05, 3.63) is 58.3 Å². The van der Waals surface area contributed by atoms with E-state index in [-0.39, 0.29) is 11.9 Å². The molecule has 19 heavy (non-hydrogen) atoms. The standard InChI is InChI=1S/C14H14BrN3O/c1-9(10-4-2-5-11(16)8-10)18-14(19)13-12(15)6-3-7-17-13/h2-9H,16H2,1H3,(H,18,19). The second-order valence-electron chi connectivity index (χ2n) is 4.20. The molecule has 0 spiro atoms. The third-order valence-corrected chi connectivity index (χ3v) is 3.37. The molecule has 3 N–H and O–H groups in total. The first-order valence-corrected chi connectivity index (χ1v) is 6.64. The van der Waals surface area contributed by atoms with Crippen LogP contribution in [0.25, 0.3) is 0 Å². The van der Waals surface area contributed by atoms with Gasteiger partial charge in [-0.3, -0.25) is 4.79 Å². The van der Waals surface area contributed by atoms with Crippen LogP contribution in [0, 0.1) is 0 Å². The number of rotatable bonds is 3. The highest BCUT2D eigenvalue weighted by molar-refractivity contribution is 9.10. The Balaban J connectivity index is 2.13. The highest BCUT2D eigenvalue weighted by Gasteiger charge is 2.14. The molecule has 0 radical (unpaired) electrons. The number of aromatic nitrogens is 1. The van der Waals surface area contributed by atoms with Crippen molar-refractivity contribution >= 4 is 27.5 Å². The molecule has 0 bridgehead atoms. The van der Waals surface area contributed by atoms with E-state index >= 15 is 0 Å². The molecule has 0 saturated heterocycles.